The minimum Gasteiger partial charge on any atom is -0.319 e. The van der Waals surface area contributed by atoms with Crippen molar-refractivity contribution < 1.29 is 26.0 Å². The second-order valence-corrected chi connectivity index (χ2v) is 20.0. The Morgan fingerprint density at radius 3 is 1.73 bits per heavy atom. The SMILES string of the molecule is [Pt].[c-]1c(N2[OH+]N(c3ccccc3)c3ccccc32)cccc1[Si](c1[c-]c2c(cc1)c1ccccc1n2-c1cc(-c2ccccc2-c2ccccc2)ccn1)(c1ccccc1)c1ccccc1. The minimum absolute atomic E-state index is 0. The van der Waals surface area contributed by atoms with Crippen molar-refractivity contribution in [3.8, 4) is 28.1 Å². The minimum atomic E-state index is -3.18. The van der Waals surface area contributed by atoms with Crippen LogP contribution in [0.3, 0.4) is 0 Å². The van der Waals surface area contributed by atoms with Crippen molar-refractivity contribution in [2.45, 2.75) is 0 Å². The molecule has 2 aromatic heterocycles. The summed E-state index contributed by atoms with van der Waals surface area (Å²) in [5.41, 5.74) is 10.5. The quantitative estimate of drug-likeness (QED) is 0.0626. The van der Waals surface area contributed by atoms with Crippen LogP contribution in [0.4, 0.5) is 22.7 Å². The van der Waals surface area contributed by atoms with Gasteiger partial charge in [-0.15, -0.1) is 16.5 Å². The van der Waals surface area contributed by atoms with Gasteiger partial charge in [0.1, 0.15) is 31.0 Å². The molecule has 0 radical (unpaired) electrons. The predicted octanol–water partition coefficient (Wildman–Crippen LogP) is 11.6. The van der Waals surface area contributed by atoms with Crippen LogP contribution in [0.1, 0.15) is 0 Å². The Bertz CT molecular complexity index is 3450. The number of aromatic nitrogens is 2. The molecule has 12 rings (SSSR count). The Morgan fingerprint density at radius 1 is 0.439 bits per heavy atom. The molecular formula is C59H41N4OPtSi-. The fourth-order valence-corrected chi connectivity index (χ4v) is 14.3. The van der Waals surface area contributed by atoms with Crippen LogP contribution >= 0.6 is 0 Å². The van der Waals surface area contributed by atoms with Crippen molar-refractivity contribution in [3.63, 3.8) is 0 Å². The normalized spacial score (nSPS) is 12.3. The number of nitrogens with zero attached hydrogens (tertiary/aromatic N) is 4. The van der Waals surface area contributed by atoms with Gasteiger partial charge < -0.3 is 4.57 Å². The van der Waals surface area contributed by atoms with Crippen LogP contribution in [-0.2, 0) is 21.1 Å². The van der Waals surface area contributed by atoms with E-state index in [1.807, 2.05) is 34.5 Å². The average molecular weight is 1050 g/mol. The van der Waals surface area contributed by atoms with E-state index in [0.29, 0.717) is 0 Å². The number of fused-ring (bicyclic) bond motifs is 4. The first-order chi connectivity index (χ1) is 32.3. The molecule has 11 aromatic rings. The second kappa shape index (κ2) is 17.4. The van der Waals surface area contributed by atoms with Crippen molar-refractivity contribution in [1.82, 2.24) is 9.55 Å². The number of hydrogen-bond acceptors (Lipinski definition) is 3. The first kappa shape index (κ1) is 41.1. The van der Waals surface area contributed by atoms with E-state index in [2.05, 4.69) is 235 Å². The summed E-state index contributed by atoms with van der Waals surface area (Å²) >= 11 is 0. The van der Waals surface area contributed by atoms with Crippen LogP contribution < -0.4 is 30.9 Å². The van der Waals surface area contributed by atoms with Crippen LogP contribution in [0.5, 0.6) is 0 Å². The van der Waals surface area contributed by atoms with E-state index >= 15 is 0 Å². The van der Waals surface area contributed by atoms with Gasteiger partial charge in [0.05, 0.1) is 0 Å². The van der Waals surface area contributed by atoms with Crippen LogP contribution in [0.25, 0.3) is 49.9 Å². The van der Waals surface area contributed by atoms with Crippen molar-refractivity contribution in [2.24, 2.45) is 0 Å². The zero-order valence-corrected chi connectivity index (χ0v) is 38.9. The van der Waals surface area contributed by atoms with E-state index < -0.39 is 8.07 Å². The molecule has 1 aliphatic heterocycles. The number of rotatable bonds is 9. The Morgan fingerprint density at radius 2 is 1.02 bits per heavy atom. The molecule has 7 heteroatoms. The van der Waals surface area contributed by atoms with E-state index in [0.717, 1.165) is 71.9 Å². The van der Waals surface area contributed by atoms with Crippen LogP contribution in [0.15, 0.2) is 243 Å². The number of hydrogen-bond donors (Lipinski definition) is 0. The van der Waals surface area contributed by atoms with Crippen LogP contribution in [0, 0.1) is 12.1 Å². The van der Waals surface area contributed by atoms with Gasteiger partial charge in [0.2, 0.25) is 0 Å². The van der Waals surface area contributed by atoms with Crippen molar-refractivity contribution >= 4 is 73.4 Å². The largest absolute Gasteiger partial charge is 0.319 e. The summed E-state index contributed by atoms with van der Waals surface area (Å²) in [6.45, 7) is 0. The first-order valence-electron chi connectivity index (χ1n) is 21.9. The maximum Gasteiger partial charge on any atom is 0.148 e. The summed E-state index contributed by atoms with van der Waals surface area (Å²) < 4.78 is 2.30. The molecule has 1 aliphatic rings. The van der Waals surface area contributed by atoms with Gasteiger partial charge in [-0.05, 0) is 80.5 Å². The van der Waals surface area contributed by atoms with E-state index in [4.69, 9.17) is 9.92 Å². The summed E-state index contributed by atoms with van der Waals surface area (Å²) in [4.78, 5) is 10.3. The summed E-state index contributed by atoms with van der Waals surface area (Å²) in [5.74, 6) is 0.836. The van der Waals surface area contributed by atoms with Gasteiger partial charge in [-0.1, -0.05) is 174 Å². The molecule has 0 unspecified atom stereocenters. The summed E-state index contributed by atoms with van der Waals surface area (Å²) in [6.07, 6.45) is 1.94. The van der Waals surface area contributed by atoms with Gasteiger partial charge in [0.25, 0.3) is 0 Å². The van der Waals surface area contributed by atoms with Crippen molar-refractivity contribution in [2.75, 3.05) is 10.1 Å². The third-order valence-electron chi connectivity index (χ3n) is 12.6. The third kappa shape index (κ3) is 6.90. The Balaban J connectivity index is 0.00000481. The standard InChI is InChI=1S/C59H40N4OSi.Pt/c1-5-20-43(21-6-1)51-30-13-14-31-52(51)44-38-39-60-59(40-44)61-55-33-16-15-32-53(55)54-37-36-50(42-58(54)61)65(47-25-9-3-10-26-47,48-27-11-4-12-28-48)49-29-19-24-46(41-49)63-57-35-18-17-34-56(57)62(64-63)45-22-7-2-8-23-45;/h1-40H;/q-2;/p+1. The topological polar surface area (TPSA) is 37.1 Å². The summed E-state index contributed by atoms with van der Waals surface area (Å²) in [5, 5.41) is 11.0. The Hall–Kier alpha value is -7.60. The molecule has 1 N–H and O–H groups in total. The molecule has 318 valence electrons. The monoisotopic (exact) mass is 1040 g/mol. The molecule has 9 aromatic carbocycles. The molecule has 0 aliphatic carbocycles. The molecule has 0 amide bonds. The van der Waals surface area contributed by atoms with Gasteiger partial charge >= 0.3 is 0 Å². The van der Waals surface area contributed by atoms with Crippen molar-refractivity contribution in [1.29, 1.82) is 0 Å². The van der Waals surface area contributed by atoms with Crippen LogP contribution in [-0.4, -0.2) is 22.6 Å². The van der Waals surface area contributed by atoms with Crippen molar-refractivity contribution in [3.05, 3.63) is 255 Å². The Labute approximate surface area is 399 Å². The van der Waals surface area contributed by atoms with E-state index in [1.165, 1.54) is 21.5 Å². The second-order valence-electron chi connectivity index (χ2n) is 16.3. The molecule has 0 bridgehead atoms. The maximum absolute atomic E-state index is 5.23. The van der Waals surface area contributed by atoms with Gasteiger partial charge in [-0.2, -0.15) is 51.7 Å². The van der Waals surface area contributed by atoms with E-state index in [9.17, 15) is 0 Å². The molecule has 0 atom stereocenters. The third-order valence-corrected chi connectivity index (χ3v) is 17.2. The predicted molar refractivity (Wildman–Crippen MR) is 270 cm³/mol. The molecule has 66 heavy (non-hydrogen) atoms. The molecule has 0 fully saturated rings. The number of pyridine rings is 1. The average Bonchev–Trinajstić information content (AvgIpc) is 3.94. The van der Waals surface area contributed by atoms with E-state index in [1.54, 1.807) is 0 Å². The zero-order chi connectivity index (χ0) is 43.2. The zero-order valence-electron chi connectivity index (χ0n) is 35.6. The van der Waals surface area contributed by atoms with Gasteiger partial charge in [-0.25, -0.2) is 4.98 Å². The number of para-hydroxylation sites is 4. The molecule has 0 saturated heterocycles. The van der Waals surface area contributed by atoms with Gasteiger partial charge in [0.15, 0.2) is 0 Å². The number of anilines is 4. The Kier molecular flexibility index (Phi) is 10.8. The fourth-order valence-electron chi connectivity index (χ4n) is 9.72. The molecule has 0 saturated carbocycles. The first-order valence-corrected chi connectivity index (χ1v) is 23.9. The van der Waals surface area contributed by atoms with Gasteiger partial charge in [0, 0.05) is 38.5 Å². The van der Waals surface area contributed by atoms with Crippen LogP contribution in [0.2, 0.25) is 0 Å². The summed E-state index contributed by atoms with van der Waals surface area (Å²) in [7, 11) is -3.18. The summed E-state index contributed by atoms with van der Waals surface area (Å²) in [6, 6.07) is 92.2. The molecule has 5 nitrogen and oxygen atoms in total. The molecular weight excluding hydrogens is 1000 g/mol. The molecule has 0 spiro atoms. The maximum atomic E-state index is 5.23. The smallest absolute Gasteiger partial charge is 0.148 e. The van der Waals surface area contributed by atoms with Gasteiger partial charge in [-0.3, -0.25) is 0 Å². The molecule has 3 heterocycles. The number of benzene rings is 9. The fraction of sp³-hybridized carbons (Fsp3) is 0. The van der Waals surface area contributed by atoms with E-state index in [-0.39, 0.29) is 21.1 Å².